The zero-order valence-corrected chi connectivity index (χ0v) is 23.1. The summed E-state index contributed by atoms with van der Waals surface area (Å²) in [5, 5.41) is 4.22. The number of aromatic amines is 1. The SMILES string of the molecule is CC(=O)OCCC1CCN(C(=O)[C@@H](Cc2c[nH]c3ccccc23)NS(=O)(=O)c2cccc3c2NCCC3)CC1. The Balaban J connectivity index is 1.37. The molecule has 0 saturated carbocycles. The Bertz CT molecular complexity index is 1440. The highest BCUT2D eigenvalue weighted by atomic mass is 32.2. The van der Waals surface area contributed by atoms with Crippen molar-refractivity contribution in [2.45, 2.75) is 56.4 Å². The Morgan fingerprint density at radius 2 is 1.92 bits per heavy atom. The Kier molecular flexibility index (Phi) is 8.23. The number of hydrogen-bond donors (Lipinski definition) is 3. The number of nitrogens with zero attached hydrogens (tertiary/aromatic N) is 1. The van der Waals surface area contributed by atoms with Gasteiger partial charge in [0.25, 0.3) is 0 Å². The van der Waals surface area contributed by atoms with Crippen molar-refractivity contribution in [1.82, 2.24) is 14.6 Å². The lowest BCUT2D eigenvalue weighted by atomic mass is 9.93. The zero-order chi connectivity index (χ0) is 27.4. The van der Waals surface area contributed by atoms with Crippen LogP contribution in [0.15, 0.2) is 53.6 Å². The first kappa shape index (κ1) is 27.2. The Labute approximate surface area is 229 Å². The van der Waals surface area contributed by atoms with E-state index in [1.165, 1.54) is 6.92 Å². The summed E-state index contributed by atoms with van der Waals surface area (Å²) in [5.41, 5.74) is 3.43. The molecule has 5 rings (SSSR count). The Morgan fingerprint density at radius 3 is 2.72 bits per heavy atom. The molecule has 9 nitrogen and oxygen atoms in total. The Morgan fingerprint density at radius 1 is 1.13 bits per heavy atom. The number of carbonyl (C=O) groups is 2. The predicted molar refractivity (Wildman–Crippen MR) is 150 cm³/mol. The molecule has 2 aromatic carbocycles. The number of amides is 1. The van der Waals surface area contributed by atoms with Gasteiger partial charge in [0.1, 0.15) is 10.9 Å². The molecule has 0 spiro atoms. The third-order valence-corrected chi connectivity index (χ3v) is 9.29. The lowest BCUT2D eigenvalue weighted by Gasteiger charge is -2.34. The van der Waals surface area contributed by atoms with Gasteiger partial charge in [0, 0.05) is 43.7 Å². The van der Waals surface area contributed by atoms with Gasteiger partial charge in [0.15, 0.2) is 0 Å². The molecule has 0 bridgehead atoms. The molecule has 208 valence electrons. The third-order valence-electron chi connectivity index (χ3n) is 7.78. The fourth-order valence-electron chi connectivity index (χ4n) is 5.68. The summed E-state index contributed by atoms with van der Waals surface area (Å²) in [6.45, 7) is 3.57. The molecular formula is C29H36N4O5S. The van der Waals surface area contributed by atoms with Gasteiger partial charge in [-0.1, -0.05) is 30.3 Å². The highest BCUT2D eigenvalue weighted by Gasteiger charge is 2.33. The first-order chi connectivity index (χ1) is 18.8. The second-order valence-electron chi connectivity index (χ2n) is 10.5. The largest absolute Gasteiger partial charge is 0.466 e. The molecule has 0 unspecified atom stereocenters. The summed E-state index contributed by atoms with van der Waals surface area (Å²) in [6, 6.07) is 12.2. The fourth-order valence-corrected chi connectivity index (χ4v) is 7.10. The normalized spacial score (nSPS) is 16.9. The zero-order valence-electron chi connectivity index (χ0n) is 22.2. The van der Waals surface area contributed by atoms with Crippen molar-refractivity contribution in [3.63, 3.8) is 0 Å². The van der Waals surface area contributed by atoms with Crippen LogP contribution < -0.4 is 10.0 Å². The number of piperidine rings is 1. The molecule has 3 aromatic rings. The molecule has 1 aromatic heterocycles. The van der Waals surface area contributed by atoms with Gasteiger partial charge < -0.3 is 19.9 Å². The maximum absolute atomic E-state index is 13.9. The van der Waals surface area contributed by atoms with Gasteiger partial charge in [-0.3, -0.25) is 9.59 Å². The number of carbonyl (C=O) groups excluding carboxylic acids is 2. The van der Waals surface area contributed by atoms with Crippen molar-refractivity contribution in [3.05, 3.63) is 59.8 Å². The number of anilines is 1. The topological polar surface area (TPSA) is 121 Å². The van der Waals surface area contributed by atoms with E-state index in [0.717, 1.165) is 54.1 Å². The van der Waals surface area contributed by atoms with Crippen molar-refractivity contribution in [2.24, 2.45) is 5.92 Å². The van der Waals surface area contributed by atoms with E-state index in [1.54, 1.807) is 17.0 Å². The summed E-state index contributed by atoms with van der Waals surface area (Å²) in [4.78, 5) is 30.1. The number of ether oxygens (including phenoxy) is 1. The molecule has 1 amide bonds. The predicted octanol–water partition coefficient (Wildman–Crippen LogP) is 3.61. The van der Waals surface area contributed by atoms with Crippen LogP contribution in [0.2, 0.25) is 0 Å². The van der Waals surface area contributed by atoms with Crippen molar-refractivity contribution in [1.29, 1.82) is 0 Å². The van der Waals surface area contributed by atoms with Crippen LogP contribution in [-0.2, 0) is 37.2 Å². The molecule has 2 aliphatic heterocycles. The average Bonchev–Trinajstić information content (AvgIpc) is 3.35. The van der Waals surface area contributed by atoms with E-state index in [4.69, 9.17) is 4.74 Å². The number of sulfonamides is 1. The number of nitrogens with one attached hydrogen (secondary N) is 3. The lowest BCUT2D eigenvalue weighted by molar-refractivity contribution is -0.141. The van der Waals surface area contributed by atoms with Gasteiger partial charge in [-0.2, -0.15) is 4.72 Å². The van der Waals surface area contributed by atoms with Crippen LogP contribution in [0.3, 0.4) is 0 Å². The summed E-state index contributed by atoms with van der Waals surface area (Å²) in [5.74, 6) is -0.149. The van der Waals surface area contributed by atoms with Gasteiger partial charge in [0.05, 0.1) is 12.3 Å². The minimum absolute atomic E-state index is 0.181. The van der Waals surface area contributed by atoms with Gasteiger partial charge >= 0.3 is 5.97 Å². The second-order valence-corrected chi connectivity index (χ2v) is 12.1. The van der Waals surface area contributed by atoms with Crippen LogP contribution in [0.1, 0.15) is 43.7 Å². The number of rotatable bonds is 9. The Hall–Kier alpha value is -3.37. The molecule has 3 N–H and O–H groups in total. The van der Waals surface area contributed by atoms with Crippen molar-refractivity contribution in [3.8, 4) is 0 Å². The van der Waals surface area contributed by atoms with Crippen molar-refractivity contribution in [2.75, 3.05) is 31.6 Å². The van der Waals surface area contributed by atoms with Crippen LogP contribution in [0.25, 0.3) is 10.9 Å². The number of H-pyrrole nitrogens is 1. The maximum atomic E-state index is 13.9. The monoisotopic (exact) mass is 552 g/mol. The second kappa shape index (κ2) is 11.8. The summed E-state index contributed by atoms with van der Waals surface area (Å²) in [7, 11) is -3.99. The highest BCUT2D eigenvalue weighted by Crippen LogP contribution is 2.30. The quantitative estimate of drug-likeness (QED) is 0.349. The average molecular weight is 553 g/mol. The van der Waals surface area contributed by atoms with Crippen molar-refractivity contribution >= 4 is 38.5 Å². The van der Waals surface area contributed by atoms with Gasteiger partial charge in [-0.05, 0) is 67.7 Å². The van der Waals surface area contributed by atoms with E-state index in [2.05, 4.69) is 15.0 Å². The number of esters is 1. The summed E-state index contributed by atoms with van der Waals surface area (Å²) >= 11 is 0. The smallest absolute Gasteiger partial charge is 0.302 e. The van der Waals surface area contributed by atoms with Gasteiger partial charge in [-0.15, -0.1) is 0 Å². The molecule has 3 heterocycles. The van der Waals surface area contributed by atoms with E-state index < -0.39 is 16.1 Å². The molecule has 39 heavy (non-hydrogen) atoms. The number of likely N-dealkylation sites (tertiary alicyclic amines) is 1. The van der Waals surface area contributed by atoms with Gasteiger partial charge in [0.2, 0.25) is 15.9 Å². The highest BCUT2D eigenvalue weighted by molar-refractivity contribution is 7.89. The molecule has 2 aliphatic rings. The first-order valence-electron chi connectivity index (χ1n) is 13.7. The number of para-hydroxylation sites is 2. The number of aryl methyl sites for hydroxylation is 1. The molecule has 1 fully saturated rings. The minimum Gasteiger partial charge on any atom is -0.466 e. The summed E-state index contributed by atoms with van der Waals surface area (Å²) < 4.78 is 35.4. The molecule has 1 atom stereocenters. The molecule has 0 aliphatic carbocycles. The van der Waals surface area contributed by atoms with Crippen LogP contribution in [0.5, 0.6) is 0 Å². The fraction of sp³-hybridized carbons (Fsp3) is 0.448. The van der Waals surface area contributed by atoms with Gasteiger partial charge in [-0.25, -0.2) is 8.42 Å². The van der Waals surface area contributed by atoms with E-state index in [-0.39, 0.29) is 23.2 Å². The standard InChI is InChI=1S/C29H36N4O5S/c1-20(34)38-17-13-21-11-15-33(16-12-21)29(35)26(18-23-19-31-25-9-3-2-8-24(23)25)32-39(36,37)27-10-4-6-22-7-5-14-30-28(22)27/h2-4,6,8-10,19,21,26,30-32H,5,7,11-18H2,1H3/t26-/m1/s1. The molecule has 1 saturated heterocycles. The number of aromatic nitrogens is 1. The van der Waals surface area contributed by atoms with Crippen LogP contribution in [0.4, 0.5) is 5.69 Å². The van der Waals surface area contributed by atoms with E-state index in [9.17, 15) is 18.0 Å². The van der Waals surface area contributed by atoms with Crippen LogP contribution in [-0.4, -0.2) is 62.5 Å². The van der Waals surface area contributed by atoms with E-state index in [0.29, 0.717) is 37.8 Å². The molecule has 0 radical (unpaired) electrons. The number of fused-ring (bicyclic) bond motifs is 2. The number of hydrogen-bond acceptors (Lipinski definition) is 6. The third kappa shape index (κ3) is 6.28. The molecular weight excluding hydrogens is 516 g/mol. The summed E-state index contributed by atoms with van der Waals surface area (Å²) in [6.07, 6.45) is 6.19. The van der Waals surface area contributed by atoms with E-state index in [1.807, 2.05) is 36.5 Å². The molecule has 10 heteroatoms. The van der Waals surface area contributed by atoms with Crippen LogP contribution in [0, 0.1) is 5.92 Å². The number of benzene rings is 2. The van der Waals surface area contributed by atoms with Crippen LogP contribution >= 0.6 is 0 Å². The first-order valence-corrected chi connectivity index (χ1v) is 15.2. The minimum atomic E-state index is -3.99. The lowest BCUT2D eigenvalue weighted by Crippen LogP contribution is -2.51. The van der Waals surface area contributed by atoms with E-state index >= 15 is 0 Å². The maximum Gasteiger partial charge on any atom is 0.302 e. The van der Waals surface area contributed by atoms with Crippen molar-refractivity contribution < 1.29 is 22.7 Å².